The average molecular weight is 385 g/mol. The Balaban J connectivity index is 0. The summed E-state index contributed by atoms with van der Waals surface area (Å²) in [5, 5.41) is 0. The van der Waals surface area contributed by atoms with Crippen LogP contribution in [0.4, 0.5) is 0 Å². The van der Waals surface area contributed by atoms with Gasteiger partial charge < -0.3 is 4.55 Å². The summed E-state index contributed by atoms with van der Waals surface area (Å²) in [7, 11) is -3.68. The van der Waals surface area contributed by atoms with E-state index >= 15 is 0 Å². The first kappa shape index (κ1) is 26.4. The van der Waals surface area contributed by atoms with E-state index < -0.39 is 10.4 Å². The molecule has 0 saturated heterocycles. The Morgan fingerprint density at radius 2 is 1.17 bits per heavy atom. The molecular formula is C18H40O4S2. The first-order chi connectivity index (χ1) is 11.4. The van der Waals surface area contributed by atoms with Crippen molar-refractivity contribution < 1.29 is 17.2 Å². The summed E-state index contributed by atoms with van der Waals surface area (Å²) in [5.74, 6) is 4.32. The van der Waals surface area contributed by atoms with Gasteiger partial charge >= 0.3 is 0 Å². The van der Waals surface area contributed by atoms with Crippen LogP contribution in [-0.2, 0) is 25.5 Å². The van der Waals surface area contributed by atoms with Gasteiger partial charge in [0.25, 0.3) is 0 Å². The van der Waals surface area contributed by atoms with Crippen molar-refractivity contribution in [2.45, 2.75) is 91.9 Å². The normalized spacial score (nSPS) is 11.4. The van der Waals surface area contributed by atoms with Crippen molar-refractivity contribution in [1.29, 1.82) is 0 Å². The summed E-state index contributed by atoms with van der Waals surface area (Å²) in [4.78, 5) is 0. The molecule has 4 nitrogen and oxygen atoms in total. The lowest BCUT2D eigenvalue weighted by atomic mass is 10.1. The van der Waals surface area contributed by atoms with Gasteiger partial charge in [0.2, 0.25) is 10.4 Å². The molecule has 0 aliphatic carbocycles. The van der Waals surface area contributed by atoms with Gasteiger partial charge in [-0.05, 0) is 44.5 Å². The molecule has 0 N–H and O–H groups in total. The molecule has 0 fully saturated rings. The Morgan fingerprint density at radius 1 is 0.750 bits per heavy atom. The second kappa shape index (κ2) is 19.5. The lowest BCUT2D eigenvalue weighted by Gasteiger charge is -2.04. The summed E-state index contributed by atoms with van der Waals surface area (Å²) in [6.07, 6.45) is 14.7. The summed E-state index contributed by atoms with van der Waals surface area (Å²) >= 11 is 0. The Labute approximate surface area is 154 Å². The highest BCUT2D eigenvalue weighted by atomic mass is 32.3. The second-order valence-electron chi connectivity index (χ2n) is 5.89. The van der Waals surface area contributed by atoms with Crippen LogP contribution in [0.3, 0.4) is 0 Å². The van der Waals surface area contributed by atoms with Crippen molar-refractivity contribution in [3.05, 3.63) is 0 Å². The van der Waals surface area contributed by atoms with Crippen LogP contribution >= 0.6 is 0 Å². The summed E-state index contributed by atoms with van der Waals surface area (Å²) < 4.78 is 32.0. The fourth-order valence-corrected chi connectivity index (χ4v) is 4.32. The summed E-state index contributed by atoms with van der Waals surface area (Å²) in [6, 6.07) is 0. The smallest absolute Gasteiger partial charge is 0.217 e. The highest BCUT2D eigenvalue weighted by Crippen LogP contribution is 2.11. The van der Waals surface area contributed by atoms with E-state index in [1.54, 1.807) is 0 Å². The first-order valence-corrected chi connectivity index (χ1v) is 12.7. The van der Waals surface area contributed by atoms with Crippen LogP contribution in [-0.4, -0.2) is 36.8 Å². The number of rotatable bonds is 15. The Kier molecular flexibility index (Phi) is 21.5. The Hall–Kier alpha value is 0.220. The van der Waals surface area contributed by atoms with Crippen molar-refractivity contribution in [2.75, 3.05) is 23.9 Å². The zero-order valence-electron chi connectivity index (χ0n) is 16.3. The van der Waals surface area contributed by atoms with Crippen LogP contribution < -0.4 is 0 Å². The lowest BCUT2D eigenvalue weighted by molar-refractivity contribution is 0.275. The molecule has 0 aliphatic heterocycles. The van der Waals surface area contributed by atoms with E-state index in [0.717, 1.165) is 10.9 Å². The van der Waals surface area contributed by atoms with Gasteiger partial charge in [-0.25, -0.2) is 8.42 Å². The van der Waals surface area contributed by atoms with E-state index in [4.69, 9.17) is 0 Å². The zero-order chi connectivity index (χ0) is 18.7. The van der Waals surface area contributed by atoms with Crippen LogP contribution in [0.1, 0.15) is 91.9 Å². The second-order valence-corrected chi connectivity index (χ2v) is 9.73. The average Bonchev–Trinajstić information content (AvgIpc) is 2.52. The van der Waals surface area contributed by atoms with E-state index in [0.29, 0.717) is 0 Å². The van der Waals surface area contributed by atoms with Crippen LogP contribution in [0, 0.1) is 0 Å². The molecule has 0 atom stereocenters. The van der Waals surface area contributed by atoms with E-state index in [-0.39, 0.29) is 6.61 Å². The molecular weight excluding hydrogens is 344 g/mol. The van der Waals surface area contributed by atoms with Crippen LogP contribution in [0.5, 0.6) is 0 Å². The van der Waals surface area contributed by atoms with Gasteiger partial charge in [0, 0.05) is 0 Å². The van der Waals surface area contributed by atoms with Crippen molar-refractivity contribution >= 4 is 21.3 Å². The van der Waals surface area contributed by atoms with Crippen LogP contribution in [0.25, 0.3) is 0 Å². The molecule has 0 aliphatic rings. The maximum atomic E-state index is 9.45. The van der Waals surface area contributed by atoms with E-state index in [2.05, 4.69) is 25.0 Å². The Morgan fingerprint density at radius 3 is 1.46 bits per heavy atom. The number of hydrogen-bond acceptors (Lipinski definition) is 4. The largest absolute Gasteiger partial charge is 0.726 e. The van der Waals surface area contributed by atoms with Gasteiger partial charge in [0.15, 0.2) is 0 Å². The number of unbranched alkanes of at least 4 members (excludes halogenated alkanes) is 9. The van der Waals surface area contributed by atoms with Gasteiger partial charge in [0.05, 0.1) is 6.61 Å². The predicted octanol–water partition coefficient (Wildman–Crippen LogP) is 5.05. The summed E-state index contributed by atoms with van der Waals surface area (Å²) in [6.45, 7) is 8.33. The molecule has 0 aromatic carbocycles. The van der Waals surface area contributed by atoms with E-state index in [9.17, 15) is 13.0 Å². The number of hydrogen-bond donors (Lipinski definition) is 0. The van der Waals surface area contributed by atoms with Crippen molar-refractivity contribution in [3.63, 3.8) is 0 Å². The minimum absolute atomic E-state index is 0.0914. The monoisotopic (exact) mass is 384 g/mol. The maximum absolute atomic E-state index is 9.45. The Bertz CT molecular complexity index is 328. The molecule has 24 heavy (non-hydrogen) atoms. The van der Waals surface area contributed by atoms with Crippen molar-refractivity contribution in [1.82, 2.24) is 0 Å². The van der Waals surface area contributed by atoms with Gasteiger partial charge in [-0.15, -0.1) is 0 Å². The minimum Gasteiger partial charge on any atom is -0.726 e. The van der Waals surface area contributed by atoms with Crippen LogP contribution in [0.2, 0.25) is 0 Å². The molecule has 0 unspecified atom stereocenters. The van der Waals surface area contributed by atoms with Gasteiger partial charge in [-0.2, -0.15) is 0 Å². The molecule has 0 amide bonds. The molecule has 148 valence electrons. The molecule has 0 rings (SSSR count). The quantitative estimate of drug-likeness (QED) is 0.171. The first-order valence-electron chi connectivity index (χ1n) is 9.65. The molecule has 0 spiro atoms. The highest BCUT2D eigenvalue weighted by molar-refractivity contribution is 7.96. The molecule has 0 heterocycles. The fourth-order valence-electron chi connectivity index (χ4n) is 2.43. The molecule has 0 radical (unpaired) electrons. The van der Waals surface area contributed by atoms with Crippen molar-refractivity contribution in [2.24, 2.45) is 0 Å². The molecule has 0 aromatic heterocycles. The maximum Gasteiger partial charge on any atom is 0.217 e. The molecule has 0 bridgehead atoms. The zero-order valence-corrected chi connectivity index (χ0v) is 18.0. The van der Waals surface area contributed by atoms with Gasteiger partial charge in [-0.3, -0.25) is 4.18 Å². The molecule has 6 heteroatoms. The lowest BCUT2D eigenvalue weighted by Crippen LogP contribution is -2.12. The third-order valence-electron chi connectivity index (χ3n) is 3.87. The standard InChI is InChI=1S/C16H35S.C2H6O4S/c1-4-7-8-9-10-11-12-13-14-15-16-17(5-2)6-3;1-2-6-7(3,4)5/h4-16H2,1-3H3;2H2,1H3,(H,3,4,5)/q+1;/p-1. The third-order valence-corrected chi connectivity index (χ3v) is 6.89. The fraction of sp³-hybridized carbons (Fsp3) is 1.00. The minimum atomic E-state index is -4.42. The third kappa shape index (κ3) is 24.5. The van der Waals surface area contributed by atoms with E-state index in [1.165, 1.54) is 88.4 Å². The van der Waals surface area contributed by atoms with Crippen molar-refractivity contribution in [3.8, 4) is 0 Å². The van der Waals surface area contributed by atoms with Gasteiger partial charge in [-0.1, -0.05) is 58.3 Å². The van der Waals surface area contributed by atoms with Crippen LogP contribution in [0.15, 0.2) is 0 Å². The topological polar surface area (TPSA) is 66.4 Å². The highest BCUT2D eigenvalue weighted by Gasteiger charge is 2.10. The molecule has 0 aromatic rings. The predicted molar refractivity (Wildman–Crippen MR) is 106 cm³/mol. The van der Waals surface area contributed by atoms with Gasteiger partial charge in [0.1, 0.15) is 17.3 Å². The molecule has 0 saturated carbocycles. The SMILES string of the molecule is CCCCCCCCCCCC[S+](CC)CC.CCOS(=O)(=O)[O-]. The van der Waals surface area contributed by atoms with E-state index in [1.807, 2.05) is 0 Å². The summed E-state index contributed by atoms with van der Waals surface area (Å²) in [5.41, 5.74) is 0.